The summed E-state index contributed by atoms with van der Waals surface area (Å²) in [5, 5.41) is 8.47. The second-order valence-electron chi connectivity index (χ2n) is 10.9. The first kappa shape index (κ1) is 32.8. The van der Waals surface area contributed by atoms with Crippen LogP contribution in [0.15, 0.2) is 40.9 Å². The molecule has 14 heteroatoms. The van der Waals surface area contributed by atoms with Gasteiger partial charge in [0.2, 0.25) is 0 Å². The van der Waals surface area contributed by atoms with Crippen LogP contribution in [0.25, 0.3) is 11.1 Å². The van der Waals surface area contributed by atoms with Crippen LogP contribution < -0.4 is 14.4 Å². The van der Waals surface area contributed by atoms with E-state index in [0.717, 1.165) is 5.69 Å². The molecule has 0 radical (unpaired) electrons. The molecule has 0 spiro atoms. The fraction of sp³-hybridized carbons (Fsp3) is 0.533. The summed E-state index contributed by atoms with van der Waals surface area (Å²) < 4.78 is 38.6. The van der Waals surface area contributed by atoms with Crippen LogP contribution >= 0.6 is 0 Å². The van der Waals surface area contributed by atoms with Crippen LogP contribution in [0.3, 0.4) is 0 Å². The molecule has 3 aromatic rings. The number of amides is 1. The number of ether oxygens (including phenoxy) is 6. The number of hydrogen-bond acceptors (Lipinski definition) is 12. The Balaban J connectivity index is 1.13. The smallest absolute Gasteiger partial charge is 0.410 e. The summed E-state index contributed by atoms with van der Waals surface area (Å²) in [6.45, 7) is 9.80. The predicted octanol–water partition coefficient (Wildman–Crippen LogP) is 3.37. The third kappa shape index (κ3) is 10.8. The highest BCUT2D eigenvalue weighted by atomic mass is 16.6. The van der Waals surface area contributed by atoms with E-state index in [0.29, 0.717) is 87.8 Å². The van der Waals surface area contributed by atoms with Crippen molar-refractivity contribution in [3.63, 3.8) is 0 Å². The lowest BCUT2D eigenvalue weighted by Gasteiger charge is -2.34. The maximum absolute atomic E-state index is 12.3. The van der Waals surface area contributed by atoms with E-state index in [4.69, 9.17) is 37.9 Å². The van der Waals surface area contributed by atoms with Crippen molar-refractivity contribution in [2.75, 3.05) is 77.3 Å². The second-order valence-corrected chi connectivity index (χ2v) is 10.9. The van der Waals surface area contributed by atoms with Crippen LogP contribution in [0.2, 0.25) is 0 Å². The normalized spacial score (nSPS) is 13.7. The first-order valence-electron chi connectivity index (χ1n) is 14.5. The van der Waals surface area contributed by atoms with Gasteiger partial charge in [-0.1, -0.05) is 0 Å². The molecule has 1 amide bonds. The van der Waals surface area contributed by atoms with Crippen molar-refractivity contribution in [1.82, 2.24) is 14.9 Å². The number of aromatic nitrogens is 2. The molecule has 44 heavy (non-hydrogen) atoms. The van der Waals surface area contributed by atoms with Crippen molar-refractivity contribution in [3.05, 3.63) is 42.2 Å². The van der Waals surface area contributed by atoms with Gasteiger partial charge in [-0.05, 0) is 45.0 Å². The van der Waals surface area contributed by atoms with Crippen molar-refractivity contribution in [2.45, 2.75) is 33.0 Å². The summed E-state index contributed by atoms with van der Waals surface area (Å²) in [7, 11) is 0. The molecule has 1 aromatic carbocycles. The van der Waals surface area contributed by atoms with Gasteiger partial charge in [0.1, 0.15) is 42.4 Å². The Bertz CT molecular complexity index is 1330. The monoisotopic (exact) mass is 616 g/mol. The number of benzene rings is 1. The van der Waals surface area contributed by atoms with Gasteiger partial charge >= 0.3 is 12.1 Å². The fourth-order valence-corrected chi connectivity index (χ4v) is 4.08. The minimum absolute atomic E-state index is 0.222. The van der Waals surface area contributed by atoms with Gasteiger partial charge in [0.05, 0.1) is 44.9 Å². The molecule has 1 aliphatic heterocycles. The molecular weight excluding hydrogens is 576 g/mol. The number of fused-ring (bicyclic) bond motifs is 1. The third-order valence-electron chi connectivity index (χ3n) is 6.20. The first-order chi connectivity index (χ1) is 21.2. The number of carboxylic acids is 1. The van der Waals surface area contributed by atoms with E-state index in [1.54, 1.807) is 11.1 Å². The highest BCUT2D eigenvalue weighted by molar-refractivity contribution is 5.76. The topological polar surface area (TPSA) is 155 Å². The predicted molar refractivity (Wildman–Crippen MR) is 158 cm³/mol. The van der Waals surface area contributed by atoms with Gasteiger partial charge in [-0.3, -0.25) is 4.98 Å². The molecule has 3 heterocycles. The van der Waals surface area contributed by atoms with Gasteiger partial charge in [-0.25, -0.2) is 9.59 Å². The Morgan fingerprint density at radius 3 is 2.23 bits per heavy atom. The summed E-state index contributed by atoms with van der Waals surface area (Å²) >= 11 is 0. The number of carboxylic acid groups (broad SMARTS) is 1. The number of anilines is 1. The number of pyridine rings is 1. The van der Waals surface area contributed by atoms with E-state index in [9.17, 15) is 9.59 Å². The van der Waals surface area contributed by atoms with Crippen molar-refractivity contribution in [2.24, 2.45) is 0 Å². The van der Waals surface area contributed by atoms with Crippen LogP contribution in [0.4, 0.5) is 10.8 Å². The zero-order chi connectivity index (χ0) is 31.4. The summed E-state index contributed by atoms with van der Waals surface area (Å²) in [6.07, 6.45) is 1.33. The Labute approximate surface area is 255 Å². The number of carbonyl (C=O) groups is 2. The van der Waals surface area contributed by atoms with Gasteiger partial charge < -0.3 is 47.7 Å². The van der Waals surface area contributed by atoms with Crippen LogP contribution in [0, 0.1) is 0 Å². The van der Waals surface area contributed by atoms with E-state index in [-0.39, 0.29) is 25.9 Å². The zero-order valence-corrected chi connectivity index (χ0v) is 25.4. The molecule has 14 nitrogen and oxygen atoms in total. The van der Waals surface area contributed by atoms with Crippen molar-refractivity contribution in [1.29, 1.82) is 0 Å². The van der Waals surface area contributed by atoms with Gasteiger partial charge in [-0.15, -0.1) is 0 Å². The van der Waals surface area contributed by atoms with Gasteiger partial charge in [0.25, 0.3) is 6.01 Å². The minimum Gasteiger partial charge on any atom is -0.490 e. The maximum Gasteiger partial charge on any atom is 0.410 e. The van der Waals surface area contributed by atoms with E-state index in [2.05, 4.69) is 9.97 Å². The first-order valence-corrected chi connectivity index (χ1v) is 14.5. The molecule has 0 unspecified atom stereocenters. The number of carbonyl (C=O) groups excluding carboxylic acids is 1. The number of aliphatic carboxylic acids is 1. The van der Waals surface area contributed by atoms with Crippen molar-refractivity contribution in [3.8, 4) is 11.5 Å². The lowest BCUT2D eigenvalue weighted by atomic mass is 10.2. The highest BCUT2D eigenvalue weighted by Crippen LogP contribution is 2.27. The molecule has 2 aromatic heterocycles. The van der Waals surface area contributed by atoms with Gasteiger partial charge in [0.15, 0.2) is 5.58 Å². The summed E-state index contributed by atoms with van der Waals surface area (Å²) in [4.78, 5) is 35.4. The van der Waals surface area contributed by atoms with Crippen LogP contribution in [0.5, 0.6) is 11.5 Å². The lowest BCUT2D eigenvalue weighted by Crippen LogP contribution is -2.50. The summed E-state index contributed by atoms with van der Waals surface area (Å²) in [5.74, 6) is 0.254. The Morgan fingerprint density at radius 1 is 0.886 bits per heavy atom. The quantitative estimate of drug-likeness (QED) is 0.234. The fourth-order valence-electron chi connectivity index (χ4n) is 4.08. The largest absolute Gasteiger partial charge is 0.490 e. The highest BCUT2D eigenvalue weighted by Gasteiger charge is 2.27. The molecule has 0 aliphatic carbocycles. The Hall–Kier alpha value is -4.14. The van der Waals surface area contributed by atoms with E-state index >= 15 is 0 Å². The standard InChI is InChI=1S/C30H40N4O10/c1-30(2,3)44-29(37)34-10-8-33(9-11-34)28-32-25-18-23(6-7-26(25)43-28)42-20-22-4-5-24(19-31-22)41-17-16-39-13-12-38-14-15-40-21-27(35)36/h4-7,18-19H,8-17,20-21H2,1-3H3,(H,35,36). The molecule has 240 valence electrons. The van der Waals surface area contributed by atoms with Gasteiger partial charge in [-0.2, -0.15) is 4.98 Å². The van der Waals surface area contributed by atoms with E-state index < -0.39 is 11.6 Å². The second kappa shape index (κ2) is 16.1. The Kier molecular flexibility index (Phi) is 12.0. The van der Waals surface area contributed by atoms with Gasteiger partial charge in [0, 0.05) is 32.2 Å². The minimum atomic E-state index is -1.01. The van der Waals surface area contributed by atoms with Crippen LogP contribution in [0.1, 0.15) is 26.5 Å². The van der Waals surface area contributed by atoms with Crippen molar-refractivity contribution >= 4 is 29.2 Å². The molecule has 0 saturated carbocycles. The third-order valence-corrected chi connectivity index (χ3v) is 6.20. The number of nitrogens with zero attached hydrogens (tertiary/aromatic N) is 4. The average Bonchev–Trinajstić information content (AvgIpc) is 3.42. The van der Waals surface area contributed by atoms with Crippen LogP contribution in [-0.4, -0.2) is 110 Å². The lowest BCUT2D eigenvalue weighted by molar-refractivity contribution is -0.142. The molecule has 1 aliphatic rings. The maximum atomic E-state index is 12.3. The number of oxazole rings is 1. The SMILES string of the molecule is CC(C)(C)OC(=O)N1CCN(c2nc3cc(OCc4ccc(OCCOCCOCCOCC(=O)O)cn4)ccc3o2)CC1. The molecule has 0 bridgehead atoms. The molecule has 0 atom stereocenters. The molecule has 1 fully saturated rings. The van der Waals surface area contributed by atoms with E-state index in [1.807, 2.05) is 56.0 Å². The van der Waals surface area contributed by atoms with Crippen molar-refractivity contribution < 1.29 is 47.5 Å². The number of hydrogen-bond donors (Lipinski definition) is 1. The summed E-state index contributed by atoms with van der Waals surface area (Å²) in [6, 6.07) is 9.65. The molecule has 1 saturated heterocycles. The molecule has 1 N–H and O–H groups in total. The van der Waals surface area contributed by atoms with Crippen LogP contribution in [-0.2, 0) is 30.3 Å². The Morgan fingerprint density at radius 2 is 1.57 bits per heavy atom. The number of piperazine rings is 1. The average molecular weight is 617 g/mol. The number of rotatable bonds is 16. The molecule has 4 rings (SSSR count). The summed E-state index contributed by atoms with van der Waals surface area (Å²) in [5.41, 5.74) is 1.55. The van der Waals surface area contributed by atoms with E-state index in [1.165, 1.54) is 0 Å². The molecular formula is C30H40N4O10. The zero-order valence-electron chi connectivity index (χ0n) is 25.4.